The van der Waals surface area contributed by atoms with E-state index in [2.05, 4.69) is 65.9 Å². The summed E-state index contributed by atoms with van der Waals surface area (Å²) in [5.41, 5.74) is 11.7. The molecular formula is C20H23N3S. The number of aryl methyl sites for hydroxylation is 2. The van der Waals surface area contributed by atoms with Gasteiger partial charge in [-0.15, -0.1) is 11.8 Å². The maximum atomic E-state index is 6.13. The van der Waals surface area contributed by atoms with Crippen LogP contribution in [0.4, 0.5) is 5.69 Å². The highest BCUT2D eigenvalue weighted by Crippen LogP contribution is 2.28. The van der Waals surface area contributed by atoms with E-state index < -0.39 is 0 Å². The maximum absolute atomic E-state index is 6.13. The van der Waals surface area contributed by atoms with E-state index in [-0.39, 0.29) is 0 Å². The Balaban J connectivity index is 1.58. The van der Waals surface area contributed by atoms with Crippen molar-refractivity contribution < 1.29 is 0 Å². The fourth-order valence-electron chi connectivity index (χ4n) is 2.74. The number of anilines is 1. The van der Waals surface area contributed by atoms with E-state index in [4.69, 9.17) is 5.73 Å². The first-order valence-electron chi connectivity index (χ1n) is 8.22. The van der Waals surface area contributed by atoms with E-state index in [1.165, 1.54) is 16.2 Å². The molecule has 3 nitrogen and oxygen atoms in total. The van der Waals surface area contributed by atoms with Crippen LogP contribution in [-0.4, -0.2) is 15.3 Å². The van der Waals surface area contributed by atoms with Crippen LogP contribution in [0.25, 0.3) is 11.3 Å². The maximum Gasteiger partial charge on any atom is 0.0955 e. The molecule has 0 radical (unpaired) electrons. The predicted octanol–water partition coefficient (Wildman–Crippen LogP) is 4.93. The van der Waals surface area contributed by atoms with Crippen LogP contribution in [0.1, 0.15) is 17.7 Å². The summed E-state index contributed by atoms with van der Waals surface area (Å²) in [7, 11) is 0. The Morgan fingerprint density at radius 1 is 1.04 bits per heavy atom. The third-order valence-electron chi connectivity index (χ3n) is 4.23. The van der Waals surface area contributed by atoms with Crippen molar-refractivity contribution in [3.63, 3.8) is 0 Å². The van der Waals surface area contributed by atoms with E-state index in [0.29, 0.717) is 0 Å². The van der Waals surface area contributed by atoms with Crippen molar-refractivity contribution in [1.82, 2.24) is 9.55 Å². The SMILES string of the molecule is Cc1cccc(SCCCn2cnc(-c3ccccc3)c2C)c1N. The van der Waals surface area contributed by atoms with Gasteiger partial charge in [-0.2, -0.15) is 0 Å². The first-order chi connectivity index (χ1) is 11.7. The van der Waals surface area contributed by atoms with Crippen molar-refractivity contribution in [2.45, 2.75) is 31.7 Å². The number of para-hydroxylation sites is 1. The molecule has 0 saturated carbocycles. The highest BCUT2D eigenvalue weighted by molar-refractivity contribution is 7.99. The third kappa shape index (κ3) is 3.65. The summed E-state index contributed by atoms with van der Waals surface area (Å²) in [5.74, 6) is 1.05. The van der Waals surface area contributed by atoms with Gasteiger partial charge in [-0.25, -0.2) is 4.98 Å². The summed E-state index contributed by atoms with van der Waals surface area (Å²) in [6.07, 6.45) is 3.03. The highest BCUT2D eigenvalue weighted by atomic mass is 32.2. The smallest absolute Gasteiger partial charge is 0.0955 e. The van der Waals surface area contributed by atoms with Gasteiger partial charge in [-0.1, -0.05) is 42.5 Å². The summed E-state index contributed by atoms with van der Waals surface area (Å²) in [5, 5.41) is 0. The molecule has 1 aromatic heterocycles. The molecule has 124 valence electrons. The fraction of sp³-hybridized carbons (Fsp3) is 0.250. The van der Waals surface area contributed by atoms with Gasteiger partial charge in [0, 0.05) is 28.4 Å². The molecule has 0 saturated heterocycles. The third-order valence-corrected chi connectivity index (χ3v) is 5.39. The first kappa shape index (κ1) is 16.7. The molecule has 1 heterocycles. The molecule has 0 unspecified atom stereocenters. The average molecular weight is 337 g/mol. The molecule has 0 fully saturated rings. The van der Waals surface area contributed by atoms with E-state index in [9.17, 15) is 0 Å². The average Bonchev–Trinajstić information content (AvgIpc) is 2.97. The van der Waals surface area contributed by atoms with Gasteiger partial charge in [0.25, 0.3) is 0 Å². The minimum atomic E-state index is 0.910. The Kier molecular flexibility index (Phi) is 5.26. The minimum absolute atomic E-state index is 0.910. The second-order valence-corrected chi connectivity index (χ2v) is 7.06. The summed E-state index contributed by atoms with van der Waals surface area (Å²) >= 11 is 1.83. The Bertz CT molecular complexity index is 809. The largest absolute Gasteiger partial charge is 0.398 e. The van der Waals surface area contributed by atoms with Crippen molar-refractivity contribution in [1.29, 1.82) is 0 Å². The Hall–Kier alpha value is -2.20. The number of aromatic nitrogens is 2. The lowest BCUT2D eigenvalue weighted by atomic mass is 10.1. The lowest BCUT2D eigenvalue weighted by Crippen LogP contribution is -2.00. The summed E-state index contributed by atoms with van der Waals surface area (Å²) in [6, 6.07) is 16.6. The van der Waals surface area contributed by atoms with Crippen molar-refractivity contribution in [2.75, 3.05) is 11.5 Å². The number of nitrogens with two attached hydrogens (primary N) is 1. The van der Waals surface area contributed by atoms with Gasteiger partial charge in [0.05, 0.1) is 12.0 Å². The van der Waals surface area contributed by atoms with Crippen molar-refractivity contribution in [3.05, 3.63) is 66.1 Å². The molecule has 0 aliphatic carbocycles. The monoisotopic (exact) mass is 337 g/mol. The first-order valence-corrected chi connectivity index (χ1v) is 9.20. The quantitative estimate of drug-likeness (QED) is 0.394. The van der Waals surface area contributed by atoms with E-state index in [0.717, 1.165) is 35.7 Å². The van der Waals surface area contributed by atoms with Crippen molar-refractivity contribution in [3.8, 4) is 11.3 Å². The zero-order valence-electron chi connectivity index (χ0n) is 14.2. The zero-order chi connectivity index (χ0) is 16.9. The van der Waals surface area contributed by atoms with Crippen molar-refractivity contribution >= 4 is 17.4 Å². The van der Waals surface area contributed by atoms with Gasteiger partial charge < -0.3 is 10.3 Å². The number of benzene rings is 2. The number of nitrogens with zero attached hydrogens (tertiary/aromatic N) is 2. The van der Waals surface area contributed by atoms with Gasteiger partial charge in [0.15, 0.2) is 0 Å². The second-order valence-electron chi connectivity index (χ2n) is 5.93. The molecular weight excluding hydrogens is 314 g/mol. The van der Waals surface area contributed by atoms with Crippen LogP contribution >= 0.6 is 11.8 Å². The molecule has 3 aromatic rings. The normalized spacial score (nSPS) is 10.9. The second kappa shape index (κ2) is 7.58. The van der Waals surface area contributed by atoms with Gasteiger partial charge in [-0.3, -0.25) is 0 Å². The fourth-order valence-corrected chi connectivity index (χ4v) is 3.73. The summed E-state index contributed by atoms with van der Waals surface area (Å²) < 4.78 is 2.24. The number of thioether (sulfide) groups is 1. The standard InChI is InChI=1S/C20H23N3S/c1-15-8-6-11-18(19(15)21)24-13-7-12-23-14-22-20(16(23)2)17-9-4-3-5-10-17/h3-6,8-11,14H,7,12-13,21H2,1-2H3. The Morgan fingerprint density at radius 3 is 2.62 bits per heavy atom. The van der Waals surface area contributed by atoms with E-state index in [1.807, 2.05) is 24.2 Å². The predicted molar refractivity (Wildman–Crippen MR) is 103 cm³/mol. The van der Waals surface area contributed by atoms with Crippen LogP contribution in [0.5, 0.6) is 0 Å². The molecule has 0 aliphatic rings. The molecule has 2 aromatic carbocycles. The molecule has 0 atom stereocenters. The van der Waals surface area contributed by atoms with Crippen LogP contribution in [-0.2, 0) is 6.54 Å². The minimum Gasteiger partial charge on any atom is -0.398 e. The number of rotatable bonds is 6. The Labute approximate surface area is 147 Å². The molecule has 3 rings (SSSR count). The Morgan fingerprint density at radius 2 is 1.83 bits per heavy atom. The van der Waals surface area contributed by atoms with E-state index >= 15 is 0 Å². The lowest BCUT2D eigenvalue weighted by Gasteiger charge is -2.09. The topological polar surface area (TPSA) is 43.8 Å². The summed E-state index contributed by atoms with van der Waals surface area (Å²) in [6.45, 7) is 5.17. The molecule has 0 aliphatic heterocycles. The molecule has 24 heavy (non-hydrogen) atoms. The number of nitrogen functional groups attached to an aromatic ring is 1. The van der Waals surface area contributed by atoms with Gasteiger partial charge in [0.2, 0.25) is 0 Å². The van der Waals surface area contributed by atoms with E-state index in [1.54, 1.807) is 0 Å². The zero-order valence-corrected chi connectivity index (χ0v) is 15.0. The van der Waals surface area contributed by atoms with Crippen LogP contribution in [0, 0.1) is 13.8 Å². The molecule has 0 spiro atoms. The van der Waals surface area contributed by atoms with Crippen molar-refractivity contribution in [2.24, 2.45) is 0 Å². The number of hydrogen-bond acceptors (Lipinski definition) is 3. The molecule has 0 bridgehead atoms. The molecule has 2 N–H and O–H groups in total. The van der Waals surface area contributed by atoms with Crippen LogP contribution in [0.2, 0.25) is 0 Å². The van der Waals surface area contributed by atoms with Gasteiger partial charge in [0.1, 0.15) is 0 Å². The number of imidazole rings is 1. The molecule has 0 amide bonds. The highest BCUT2D eigenvalue weighted by Gasteiger charge is 2.08. The van der Waals surface area contributed by atoms with Gasteiger partial charge >= 0.3 is 0 Å². The summed E-state index contributed by atoms with van der Waals surface area (Å²) in [4.78, 5) is 5.77. The lowest BCUT2D eigenvalue weighted by molar-refractivity contribution is 0.667. The number of hydrogen-bond donors (Lipinski definition) is 1. The van der Waals surface area contributed by atoms with Crippen LogP contribution in [0.15, 0.2) is 59.8 Å². The van der Waals surface area contributed by atoms with Crippen LogP contribution < -0.4 is 5.73 Å². The van der Waals surface area contributed by atoms with Gasteiger partial charge in [-0.05, 0) is 37.7 Å². The van der Waals surface area contributed by atoms with Crippen LogP contribution in [0.3, 0.4) is 0 Å². The molecule has 4 heteroatoms.